The largest absolute Gasteiger partial charge is 0.459 e. The molecule has 2 aliphatic rings. The number of esters is 2. The number of cyclic esters (lactones) is 2. The number of ether oxygens (including phenoxy) is 3. The van der Waals surface area contributed by atoms with Crippen molar-refractivity contribution < 1.29 is 23.8 Å². The molecule has 9 heteroatoms. The monoisotopic (exact) mass is 478 g/mol. The third-order valence-electron chi connectivity index (χ3n) is 5.89. The zero-order valence-electron chi connectivity index (χ0n) is 18.4. The van der Waals surface area contributed by atoms with Gasteiger partial charge in [-0.15, -0.1) is 11.3 Å². The molecule has 3 atom stereocenters. The minimum atomic E-state index is -1.30. The van der Waals surface area contributed by atoms with Gasteiger partial charge in [0.25, 0.3) is 0 Å². The summed E-state index contributed by atoms with van der Waals surface area (Å²) in [5, 5.41) is 6.22. The number of anilines is 2. The van der Waals surface area contributed by atoms with E-state index in [-0.39, 0.29) is 19.4 Å². The molecule has 3 heterocycles. The molecule has 32 heavy (non-hydrogen) atoms. The molecule has 1 spiro atoms. The molecule has 0 saturated carbocycles. The maximum absolute atomic E-state index is 12.9. The second-order valence-electron chi connectivity index (χ2n) is 9.01. The number of para-hydroxylation sites is 1. The van der Waals surface area contributed by atoms with Crippen LogP contribution in [0.3, 0.4) is 0 Å². The van der Waals surface area contributed by atoms with Gasteiger partial charge in [0, 0.05) is 24.8 Å². The Kier molecular flexibility index (Phi) is 6.47. The van der Waals surface area contributed by atoms with Gasteiger partial charge < -0.3 is 19.5 Å². The predicted molar refractivity (Wildman–Crippen MR) is 122 cm³/mol. The molecule has 2 unspecified atom stereocenters. The summed E-state index contributed by atoms with van der Waals surface area (Å²) < 4.78 is 16.9. The number of hydrogen-bond acceptors (Lipinski definition) is 8. The molecular formula is C23H27ClN2O5S. The standard InChI is InChI=1S/C23H27ClN2O5S/c1-14(2)8-9-29-11-15-10-23(19(27)30-15)13-22(3,31-20(23)28)18-12-32-21(26-18)25-17-7-5-4-6-16(17)24/h4-7,12,14-15H,8-11,13H2,1-3H3,(H,25,26)/t15?,22?,23-/m0/s1. The Labute approximate surface area is 196 Å². The van der Waals surface area contributed by atoms with Gasteiger partial charge in [-0.2, -0.15) is 0 Å². The Morgan fingerprint density at radius 2 is 2.09 bits per heavy atom. The minimum Gasteiger partial charge on any atom is -0.459 e. The number of thiazole rings is 1. The molecule has 172 valence electrons. The van der Waals surface area contributed by atoms with Crippen molar-refractivity contribution in [1.29, 1.82) is 0 Å². The van der Waals surface area contributed by atoms with E-state index in [4.69, 9.17) is 25.8 Å². The highest BCUT2D eigenvalue weighted by Gasteiger charge is 2.65. The molecule has 2 fully saturated rings. The van der Waals surface area contributed by atoms with Crippen LogP contribution in [0.5, 0.6) is 0 Å². The first-order chi connectivity index (χ1) is 15.2. The number of aromatic nitrogens is 1. The van der Waals surface area contributed by atoms with E-state index >= 15 is 0 Å². The number of carbonyl (C=O) groups excluding carboxylic acids is 2. The lowest BCUT2D eigenvalue weighted by Gasteiger charge is -2.20. The summed E-state index contributed by atoms with van der Waals surface area (Å²) in [4.78, 5) is 30.2. The van der Waals surface area contributed by atoms with Crippen molar-refractivity contribution in [2.75, 3.05) is 18.5 Å². The third kappa shape index (κ3) is 4.49. The van der Waals surface area contributed by atoms with E-state index < -0.39 is 29.1 Å². The Bertz CT molecular complexity index is 1010. The summed E-state index contributed by atoms with van der Waals surface area (Å²) in [5.74, 6) is -0.551. The number of carbonyl (C=O) groups is 2. The van der Waals surface area contributed by atoms with Gasteiger partial charge >= 0.3 is 11.9 Å². The Hall–Kier alpha value is -2.16. The Balaban J connectivity index is 1.44. The number of nitrogens with zero attached hydrogens (tertiary/aromatic N) is 1. The van der Waals surface area contributed by atoms with Crippen molar-refractivity contribution in [3.8, 4) is 0 Å². The van der Waals surface area contributed by atoms with E-state index in [0.717, 1.165) is 12.1 Å². The molecule has 0 amide bonds. The van der Waals surface area contributed by atoms with Crippen LogP contribution in [-0.2, 0) is 29.4 Å². The molecule has 1 aromatic carbocycles. The van der Waals surface area contributed by atoms with Crippen molar-refractivity contribution >= 4 is 45.7 Å². The normalized spacial score (nSPS) is 27.2. The predicted octanol–water partition coefficient (Wildman–Crippen LogP) is 5.07. The second kappa shape index (κ2) is 9.00. The second-order valence-corrected chi connectivity index (χ2v) is 10.3. The van der Waals surface area contributed by atoms with Gasteiger partial charge in [0.1, 0.15) is 6.10 Å². The van der Waals surface area contributed by atoms with Crippen molar-refractivity contribution in [3.63, 3.8) is 0 Å². The fraction of sp³-hybridized carbons (Fsp3) is 0.522. The van der Waals surface area contributed by atoms with Gasteiger partial charge in [-0.3, -0.25) is 9.59 Å². The van der Waals surface area contributed by atoms with Crippen LogP contribution in [-0.4, -0.2) is 36.2 Å². The molecule has 7 nitrogen and oxygen atoms in total. The average molecular weight is 479 g/mol. The van der Waals surface area contributed by atoms with Crippen molar-refractivity contribution in [1.82, 2.24) is 4.98 Å². The van der Waals surface area contributed by atoms with Crippen LogP contribution in [0.1, 0.15) is 45.7 Å². The summed E-state index contributed by atoms with van der Waals surface area (Å²) in [6.45, 7) is 6.91. The number of rotatable bonds is 8. The van der Waals surface area contributed by atoms with Crippen molar-refractivity contribution in [2.45, 2.75) is 51.7 Å². The van der Waals surface area contributed by atoms with Crippen LogP contribution in [0.2, 0.25) is 5.02 Å². The summed E-state index contributed by atoms with van der Waals surface area (Å²) in [5.41, 5.74) is -0.993. The van der Waals surface area contributed by atoms with Crippen LogP contribution in [0.15, 0.2) is 29.6 Å². The lowest BCUT2D eigenvalue weighted by atomic mass is 9.78. The fourth-order valence-electron chi connectivity index (χ4n) is 4.10. The van der Waals surface area contributed by atoms with Gasteiger partial charge in [0.2, 0.25) is 0 Å². The molecule has 1 N–H and O–H groups in total. The highest BCUT2D eigenvalue weighted by Crippen LogP contribution is 2.52. The van der Waals surface area contributed by atoms with E-state index in [2.05, 4.69) is 24.1 Å². The van der Waals surface area contributed by atoms with E-state index in [0.29, 0.717) is 28.4 Å². The lowest BCUT2D eigenvalue weighted by Crippen LogP contribution is -2.32. The number of nitrogens with one attached hydrogen (secondary N) is 1. The van der Waals surface area contributed by atoms with Crippen molar-refractivity contribution in [2.24, 2.45) is 11.3 Å². The summed E-state index contributed by atoms with van der Waals surface area (Å²) in [7, 11) is 0. The van der Waals surface area contributed by atoms with Crippen LogP contribution < -0.4 is 5.32 Å². The topological polar surface area (TPSA) is 86.8 Å². The molecule has 0 radical (unpaired) electrons. The summed E-state index contributed by atoms with van der Waals surface area (Å²) >= 11 is 7.59. The molecule has 2 saturated heterocycles. The molecule has 2 aliphatic heterocycles. The Morgan fingerprint density at radius 3 is 2.84 bits per heavy atom. The first-order valence-corrected chi connectivity index (χ1v) is 12.0. The molecular weight excluding hydrogens is 452 g/mol. The molecule has 4 rings (SSSR count). The van der Waals surface area contributed by atoms with Crippen LogP contribution in [0, 0.1) is 11.3 Å². The van der Waals surface area contributed by atoms with E-state index in [1.165, 1.54) is 11.3 Å². The SMILES string of the molecule is CC(C)CCOCC1C[C@]2(CC(C)(c3csc(Nc4ccccc4Cl)n3)OC2=O)C(=O)O1. The van der Waals surface area contributed by atoms with Gasteiger partial charge in [-0.05, 0) is 31.4 Å². The molecule has 2 aromatic rings. The summed E-state index contributed by atoms with van der Waals surface area (Å²) in [6.07, 6.45) is 0.935. The van der Waals surface area contributed by atoms with Crippen LogP contribution >= 0.6 is 22.9 Å². The smallest absolute Gasteiger partial charge is 0.324 e. The zero-order chi connectivity index (χ0) is 22.9. The van der Waals surface area contributed by atoms with E-state index in [1.807, 2.05) is 23.6 Å². The lowest BCUT2D eigenvalue weighted by molar-refractivity contribution is -0.160. The van der Waals surface area contributed by atoms with Crippen LogP contribution in [0.4, 0.5) is 10.8 Å². The maximum Gasteiger partial charge on any atom is 0.324 e. The molecule has 1 aromatic heterocycles. The van der Waals surface area contributed by atoms with E-state index in [1.54, 1.807) is 13.0 Å². The van der Waals surface area contributed by atoms with Gasteiger partial charge in [0.15, 0.2) is 16.1 Å². The fourth-order valence-corrected chi connectivity index (χ4v) is 5.12. The number of benzene rings is 1. The zero-order valence-corrected chi connectivity index (χ0v) is 19.9. The van der Waals surface area contributed by atoms with Gasteiger partial charge in [-0.1, -0.05) is 37.6 Å². The first kappa shape index (κ1) is 23.0. The van der Waals surface area contributed by atoms with Crippen LogP contribution in [0.25, 0.3) is 0 Å². The number of hydrogen-bond donors (Lipinski definition) is 1. The summed E-state index contributed by atoms with van der Waals surface area (Å²) in [6, 6.07) is 7.37. The third-order valence-corrected chi connectivity index (χ3v) is 6.98. The van der Waals surface area contributed by atoms with Crippen molar-refractivity contribution in [3.05, 3.63) is 40.4 Å². The van der Waals surface area contributed by atoms with E-state index in [9.17, 15) is 9.59 Å². The Morgan fingerprint density at radius 1 is 1.31 bits per heavy atom. The maximum atomic E-state index is 12.9. The molecule has 0 aliphatic carbocycles. The minimum absolute atomic E-state index is 0.190. The highest BCUT2D eigenvalue weighted by molar-refractivity contribution is 7.13. The quantitative estimate of drug-likeness (QED) is 0.322. The average Bonchev–Trinajstić information content (AvgIpc) is 3.39. The molecule has 0 bridgehead atoms. The van der Waals surface area contributed by atoms with Gasteiger partial charge in [0.05, 0.1) is 23.0 Å². The highest BCUT2D eigenvalue weighted by atomic mass is 35.5. The number of halogens is 1. The first-order valence-electron chi connectivity index (χ1n) is 10.7. The van der Waals surface area contributed by atoms with Gasteiger partial charge in [-0.25, -0.2) is 4.98 Å².